The summed E-state index contributed by atoms with van der Waals surface area (Å²) >= 11 is 5.43. The fourth-order valence-corrected chi connectivity index (χ4v) is 4.49. The molecule has 3 heterocycles. The predicted molar refractivity (Wildman–Crippen MR) is 119 cm³/mol. The molecule has 1 atom stereocenters. The highest BCUT2D eigenvalue weighted by Crippen LogP contribution is 2.38. The second kappa shape index (κ2) is 8.19. The molecule has 160 valence electrons. The second-order valence-electron chi connectivity index (χ2n) is 7.95. The number of rotatable bonds is 4. The summed E-state index contributed by atoms with van der Waals surface area (Å²) in [5, 5.41) is 7.20. The third kappa shape index (κ3) is 3.83. The number of hydrogen-bond donors (Lipinski definition) is 1. The van der Waals surface area contributed by atoms with Gasteiger partial charge < -0.3 is 14.4 Å². The number of nitrogens with zero attached hydrogens (tertiary/aromatic N) is 3. The maximum atomic E-state index is 13.3. The number of H-pyrrole nitrogens is 1. The third-order valence-corrected chi connectivity index (χ3v) is 6.20. The molecule has 3 aromatic rings. The Hall–Kier alpha value is -3.13. The number of benzene rings is 2. The highest BCUT2D eigenvalue weighted by molar-refractivity contribution is 7.71. The lowest BCUT2D eigenvalue weighted by Gasteiger charge is -2.27. The van der Waals surface area contributed by atoms with E-state index in [0.29, 0.717) is 23.8 Å². The van der Waals surface area contributed by atoms with Gasteiger partial charge in [0.2, 0.25) is 5.91 Å². The number of ether oxygens (including phenoxy) is 2. The van der Waals surface area contributed by atoms with E-state index in [1.807, 2.05) is 54.3 Å². The zero-order valence-electron chi connectivity index (χ0n) is 17.3. The van der Waals surface area contributed by atoms with Gasteiger partial charge in [-0.25, -0.2) is 0 Å². The van der Waals surface area contributed by atoms with Crippen molar-refractivity contribution in [3.8, 4) is 22.9 Å². The molecule has 1 fully saturated rings. The van der Waals surface area contributed by atoms with Gasteiger partial charge in [-0.2, -0.15) is 5.10 Å². The van der Waals surface area contributed by atoms with Crippen LogP contribution in [0.25, 0.3) is 11.4 Å². The fourth-order valence-electron chi connectivity index (χ4n) is 4.29. The number of amides is 1. The van der Waals surface area contributed by atoms with E-state index >= 15 is 0 Å². The van der Waals surface area contributed by atoms with Gasteiger partial charge >= 0.3 is 0 Å². The fraction of sp³-hybridized carbons (Fsp3) is 0.348. The third-order valence-electron chi connectivity index (χ3n) is 5.89. The van der Waals surface area contributed by atoms with Crippen molar-refractivity contribution < 1.29 is 14.3 Å². The molecule has 1 unspecified atom stereocenters. The predicted octanol–water partition coefficient (Wildman–Crippen LogP) is 4.05. The molecular formula is C23H24N4O3S. The van der Waals surface area contributed by atoms with Gasteiger partial charge in [0.05, 0.1) is 6.04 Å². The Morgan fingerprint density at radius 1 is 1.16 bits per heavy atom. The topological polar surface area (TPSA) is 72.4 Å². The molecule has 1 N–H and O–H groups in total. The second-order valence-corrected chi connectivity index (χ2v) is 8.34. The molecule has 0 radical (unpaired) electrons. The lowest BCUT2D eigenvalue weighted by molar-refractivity contribution is -0.132. The smallest absolute Gasteiger partial charge is 0.243 e. The molecule has 0 bridgehead atoms. The Morgan fingerprint density at radius 2 is 1.94 bits per heavy atom. The van der Waals surface area contributed by atoms with E-state index in [1.54, 1.807) is 4.57 Å². The number of aromatic amines is 1. The first kappa shape index (κ1) is 19.8. The van der Waals surface area contributed by atoms with Gasteiger partial charge in [-0.15, -0.1) is 0 Å². The van der Waals surface area contributed by atoms with Crippen LogP contribution in [0, 0.1) is 11.7 Å². The van der Waals surface area contributed by atoms with Crippen LogP contribution < -0.4 is 9.47 Å². The van der Waals surface area contributed by atoms with Crippen molar-refractivity contribution in [2.75, 3.05) is 19.8 Å². The van der Waals surface area contributed by atoms with E-state index in [2.05, 4.69) is 10.2 Å². The van der Waals surface area contributed by atoms with Gasteiger partial charge in [0.25, 0.3) is 0 Å². The average molecular weight is 437 g/mol. The van der Waals surface area contributed by atoms with Crippen LogP contribution in [-0.4, -0.2) is 45.3 Å². The Bertz CT molecular complexity index is 1170. The van der Waals surface area contributed by atoms with E-state index in [4.69, 9.17) is 21.7 Å². The monoisotopic (exact) mass is 436 g/mol. The van der Waals surface area contributed by atoms with Crippen LogP contribution in [0.2, 0.25) is 0 Å². The molecule has 1 amide bonds. The first-order valence-corrected chi connectivity index (χ1v) is 10.9. The van der Waals surface area contributed by atoms with Crippen molar-refractivity contribution in [2.24, 2.45) is 0 Å². The number of aryl methyl sites for hydroxylation is 1. The standard InChI is InChI=1S/C23H24N4O3S/c1-15-4-6-16(7-5-15)22-24-25-23(31)27(22)14-21(28)26-10-2-3-18(26)17-8-9-19-20(13-17)30-12-11-29-19/h4-9,13,18H,2-3,10-12,14H2,1H3,(H,25,31). The number of nitrogens with one attached hydrogen (secondary N) is 1. The van der Waals surface area contributed by atoms with Crippen molar-refractivity contribution in [3.63, 3.8) is 0 Å². The van der Waals surface area contributed by atoms with Crippen molar-refractivity contribution in [2.45, 2.75) is 32.4 Å². The SMILES string of the molecule is Cc1ccc(-c2n[nH]c(=S)n2CC(=O)N2CCCC2c2ccc3c(c2)OCCO3)cc1. The van der Waals surface area contributed by atoms with Crippen molar-refractivity contribution in [1.29, 1.82) is 0 Å². The highest BCUT2D eigenvalue weighted by atomic mass is 32.1. The summed E-state index contributed by atoms with van der Waals surface area (Å²) in [5.74, 6) is 2.22. The molecule has 1 aromatic heterocycles. The lowest BCUT2D eigenvalue weighted by Crippen LogP contribution is -2.33. The van der Waals surface area contributed by atoms with Gasteiger partial charge in [0.15, 0.2) is 22.1 Å². The molecule has 2 aliphatic rings. The first-order chi connectivity index (χ1) is 15.1. The Kier molecular flexibility index (Phi) is 5.23. The van der Waals surface area contributed by atoms with Crippen molar-refractivity contribution >= 4 is 18.1 Å². The quantitative estimate of drug-likeness (QED) is 0.625. The molecule has 1 saturated heterocycles. The molecule has 2 aliphatic heterocycles. The van der Waals surface area contributed by atoms with Crippen LogP contribution in [-0.2, 0) is 11.3 Å². The molecule has 0 spiro atoms. The van der Waals surface area contributed by atoms with Gasteiger partial charge in [-0.05, 0) is 49.7 Å². The van der Waals surface area contributed by atoms with E-state index in [-0.39, 0.29) is 18.5 Å². The normalized spacial score (nSPS) is 17.7. The zero-order chi connectivity index (χ0) is 21.4. The number of aromatic nitrogens is 3. The minimum atomic E-state index is 0.0206. The summed E-state index contributed by atoms with van der Waals surface area (Å²) < 4.78 is 13.6. The largest absolute Gasteiger partial charge is 0.486 e. The number of fused-ring (bicyclic) bond motifs is 1. The molecular weight excluding hydrogens is 412 g/mol. The van der Waals surface area contributed by atoms with Crippen LogP contribution >= 0.6 is 12.2 Å². The minimum absolute atomic E-state index is 0.0206. The summed E-state index contributed by atoms with van der Waals surface area (Å²) in [7, 11) is 0. The van der Waals surface area contributed by atoms with Gasteiger partial charge in [0.1, 0.15) is 19.8 Å². The van der Waals surface area contributed by atoms with Crippen LogP contribution in [0.1, 0.15) is 30.0 Å². The number of carbonyl (C=O) groups is 1. The summed E-state index contributed by atoms with van der Waals surface area (Å²) in [5.41, 5.74) is 3.17. The summed E-state index contributed by atoms with van der Waals surface area (Å²) in [4.78, 5) is 15.3. The summed E-state index contributed by atoms with van der Waals surface area (Å²) in [6, 6.07) is 14.0. The highest BCUT2D eigenvalue weighted by Gasteiger charge is 2.31. The number of likely N-dealkylation sites (tertiary alicyclic amines) is 1. The molecule has 2 aromatic carbocycles. The van der Waals surface area contributed by atoms with Crippen LogP contribution in [0.5, 0.6) is 11.5 Å². The van der Waals surface area contributed by atoms with Gasteiger partial charge in [0, 0.05) is 12.1 Å². The minimum Gasteiger partial charge on any atom is -0.486 e. The van der Waals surface area contributed by atoms with Crippen LogP contribution in [0.3, 0.4) is 0 Å². The average Bonchev–Trinajstić information content (AvgIpc) is 3.42. The molecule has 5 rings (SSSR count). The number of carbonyl (C=O) groups excluding carboxylic acids is 1. The molecule has 8 heteroatoms. The molecule has 0 aliphatic carbocycles. The Balaban J connectivity index is 1.39. The molecule has 31 heavy (non-hydrogen) atoms. The van der Waals surface area contributed by atoms with Gasteiger partial charge in [-0.1, -0.05) is 35.9 Å². The van der Waals surface area contributed by atoms with Crippen molar-refractivity contribution in [1.82, 2.24) is 19.7 Å². The maximum Gasteiger partial charge on any atom is 0.243 e. The lowest BCUT2D eigenvalue weighted by atomic mass is 10.0. The van der Waals surface area contributed by atoms with E-state index < -0.39 is 0 Å². The summed E-state index contributed by atoms with van der Waals surface area (Å²) in [6.07, 6.45) is 1.89. The zero-order valence-corrected chi connectivity index (χ0v) is 18.2. The van der Waals surface area contributed by atoms with E-state index in [0.717, 1.165) is 42.0 Å². The van der Waals surface area contributed by atoms with Crippen LogP contribution in [0.4, 0.5) is 0 Å². The Labute approximate surface area is 185 Å². The van der Waals surface area contributed by atoms with E-state index in [1.165, 1.54) is 5.56 Å². The van der Waals surface area contributed by atoms with E-state index in [9.17, 15) is 4.79 Å². The van der Waals surface area contributed by atoms with Gasteiger partial charge in [-0.3, -0.25) is 14.5 Å². The summed E-state index contributed by atoms with van der Waals surface area (Å²) in [6.45, 7) is 4.03. The maximum absolute atomic E-state index is 13.3. The Morgan fingerprint density at radius 3 is 2.74 bits per heavy atom. The molecule has 7 nitrogen and oxygen atoms in total. The van der Waals surface area contributed by atoms with Crippen molar-refractivity contribution in [3.05, 3.63) is 58.4 Å². The molecule has 0 saturated carbocycles. The first-order valence-electron chi connectivity index (χ1n) is 10.5. The van der Waals surface area contributed by atoms with Crippen LogP contribution in [0.15, 0.2) is 42.5 Å². The number of hydrogen-bond acceptors (Lipinski definition) is 5.